The molecule has 0 amide bonds. The van der Waals surface area contributed by atoms with Gasteiger partial charge in [0, 0.05) is 6.54 Å². The summed E-state index contributed by atoms with van der Waals surface area (Å²) >= 11 is 0. The number of esters is 1. The van der Waals surface area contributed by atoms with Gasteiger partial charge in [0.05, 0.1) is 6.61 Å². The molecule has 0 aliphatic heterocycles. The van der Waals surface area contributed by atoms with Crippen LogP contribution in [-0.2, 0) is 26.9 Å². The minimum atomic E-state index is -0.699. The number of hydrogen-bond acceptors (Lipinski definition) is 5. The number of phenolic OH excluding ortho intramolecular Hbond substituents is 2. The SMILES string of the molecule is CCOC(=O)C(NCc1cccc(O)c1)c1cc(C(C)(C)C)c(O)c(C(C)(C)C)c1. The van der Waals surface area contributed by atoms with Gasteiger partial charge in [-0.1, -0.05) is 53.7 Å². The number of carbonyl (C=O) groups excluding carboxylic acids is 1. The van der Waals surface area contributed by atoms with Crippen LogP contribution in [0, 0.1) is 0 Å². The maximum Gasteiger partial charge on any atom is 0.327 e. The third-order valence-corrected chi connectivity index (χ3v) is 5.02. The minimum absolute atomic E-state index is 0.177. The van der Waals surface area contributed by atoms with E-state index in [0.29, 0.717) is 6.54 Å². The molecule has 30 heavy (non-hydrogen) atoms. The molecule has 2 aromatic rings. The fraction of sp³-hybridized carbons (Fsp3) is 0.480. The Morgan fingerprint density at radius 3 is 2.03 bits per heavy atom. The number of phenols is 2. The van der Waals surface area contributed by atoms with Crippen LogP contribution in [0.1, 0.15) is 76.8 Å². The number of carbonyl (C=O) groups is 1. The standard InChI is InChI=1S/C25H35NO4/c1-8-30-23(29)21(26-15-16-10-9-11-18(27)12-16)17-13-19(24(2,3)4)22(28)20(14-17)25(5,6)7/h9-14,21,26-28H,8,15H2,1-7H3. The molecule has 1 atom stereocenters. The summed E-state index contributed by atoms with van der Waals surface area (Å²) in [5.74, 6) is 0.0778. The van der Waals surface area contributed by atoms with Crippen LogP contribution in [-0.4, -0.2) is 22.8 Å². The lowest BCUT2D eigenvalue weighted by atomic mass is 9.77. The Morgan fingerprint density at radius 2 is 1.57 bits per heavy atom. The zero-order valence-corrected chi connectivity index (χ0v) is 19.2. The molecule has 5 nitrogen and oxygen atoms in total. The summed E-state index contributed by atoms with van der Waals surface area (Å²) in [5, 5.41) is 24.0. The van der Waals surface area contributed by atoms with Crippen LogP contribution in [0.3, 0.4) is 0 Å². The highest BCUT2D eigenvalue weighted by Gasteiger charge is 2.30. The molecule has 5 heteroatoms. The van der Waals surface area contributed by atoms with Gasteiger partial charge < -0.3 is 14.9 Å². The maximum atomic E-state index is 12.8. The van der Waals surface area contributed by atoms with Gasteiger partial charge in [0.25, 0.3) is 0 Å². The Balaban J connectivity index is 2.54. The van der Waals surface area contributed by atoms with Crippen LogP contribution in [0.15, 0.2) is 36.4 Å². The molecule has 0 spiro atoms. The average molecular weight is 414 g/mol. The summed E-state index contributed by atoms with van der Waals surface area (Å²) in [7, 11) is 0. The minimum Gasteiger partial charge on any atom is -0.508 e. The van der Waals surface area contributed by atoms with Gasteiger partial charge in [-0.15, -0.1) is 0 Å². The Morgan fingerprint density at radius 1 is 1.00 bits per heavy atom. The predicted molar refractivity (Wildman–Crippen MR) is 120 cm³/mol. The second kappa shape index (κ2) is 9.09. The van der Waals surface area contributed by atoms with Crippen molar-refractivity contribution in [2.75, 3.05) is 6.61 Å². The third-order valence-electron chi connectivity index (χ3n) is 5.02. The molecule has 0 radical (unpaired) electrons. The summed E-state index contributed by atoms with van der Waals surface area (Å²) < 4.78 is 5.34. The van der Waals surface area contributed by atoms with Crippen molar-refractivity contribution in [3.8, 4) is 11.5 Å². The zero-order valence-electron chi connectivity index (χ0n) is 19.2. The second-order valence-corrected chi connectivity index (χ2v) is 9.70. The van der Waals surface area contributed by atoms with Crippen molar-refractivity contribution < 1.29 is 19.7 Å². The highest BCUT2D eigenvalue weighted by molar-refractivity contribution is 5.78. The van der Waals surface area contributed by atoms with E-state index in [-0.39, 0.29) is 34.9 Å². The maximum absolute atomic E-state index is 12.8. The molecular formula is C25H35NO4. The van der Waals surface area contributed by atoms with Crippen LogP contribution in [0.25, 0.3) is 0 Å². The molecule has 0 aromatic heterocycles. The first-order valence-corrected chi connectivity index (χ1v) is 10.4. The first-order chi connectivity index (χ1) is 13.8. The van der Waals surface area contributed by atoms with E-state index < -0.39 is 6.04 Å². The highest BCUT2D eigenvalue weighted by atomic mass is 16.5. The molecule has 2 rings (SSSR count). The number of aromatic hydroxyl groups is 2. The molecule has 0 bridgehead atoms. The first-order valence-electron chi connectivity index (χ1n) is 10.4. The normalized spacial score (nSPS) is 13.2. The summed E-state index contributed by atoms with van der Waals surface area (Å²) in [4.78, 5) is 12.8. The number of benzene rings is 2. The van der Waals surface area contributed by atoms with Crippen LogP contribution < -0.4 is 5.32 Å². The summed E-state index contributed by atoms with van der Waals surface area (Å²) in [6.07, 6.45) is 0. The molecule has 3 N–H and O–H groups in total. The van der Waals surface area contributed by atoms with E-state index in [4.69, 9.17) is 4.74 Å². The molecule has 0 saturated carbocycles. The van der Waals surface area contributed by atoms with Crippen molar-refractivity contribution in [1.29, 1.82) is 0 Å². The summed E-state index contributed by atoms with van der Waals surface area (Å²) in [5.41, 5.74) is 2.59. The van der Waals surface area contributed by atoms with E-state index in [1.165, 1.54) is 0 Å². The Kier molecular flexibility index (Phi) is 7.19. The third kappa shape index (κ3) is 5.76. The molecular weight excluding hydrogens is 378 g/mol. The topological polar surface area (TPSA) is 78.8 Å². The second-order valence-electron chi connectivity index (χ2n) is 9.70. The molecule has 0 heterocycles. The van der Waals surface area contributed by atoms with Crippen LogP contribution in [0.2, 0.25) is 0 Å². The lowest BCUT2D eigenvalue weighted by Gasteiger charge is -2.29. The van der Waals surface area contributed by atoms with Crippen molar-refractivity contribution in [3.05, 3.63) is 58.7 Å². The van der Waals surface area contributed by atoms with Gasteiger partial charge in [-0.3, -0.25) is 5.32 Å². The number of hydrogen-bond donors (Lipinski definition) is 3. The van der Waals surface area contributed by atoms with Gasteiger partial charge >= 0.3 is 5.97 Å². The number of nitrogens with one attached hydrogen (secondary N) is 1. The van der Waals surface area contributed by atoms with Crippen LogP contribution >= 0.6 is 0 Å². The van der Waals surface area contributed by atoms with E-state index in [1.807, 2.05) is 59.7 Å². The van der Waals surface area contributed by atoms with Crippen molar-refractivity contribution in [2.45, 2.75) is 71.9 Å². The number of ether oxygens (including phenoxy) is 1. The van der Waals surface area contributed by atoms with Gasteiger partial charge in [-0.2, -0.15) is 0 Å². The monoisotopic (exact) mass is 413 g/mol. The lowest BCUT2D eigenvalue weighted by Crippen LogP contribution is -2.31. The summed E-state index contributed by atoms with van der Waals surface area (Å²) in [6, 6.07) is 10.00. The van der Waals surface area contributed by atoms with Crippen LogP contribution in [0.4, 0.5) is 0 Å². The average Bonchev–Trinajstić information content (AvgIpc) is 2.61. The van der Waals surface area contributed by atoms with E-state index in [9.17, 15) is 15.0 Å². The molecule has 2 aromatic carbocycles. The summed E-state index contributed by atoms with van der Waals surface area (Å²) in [6.45, 7) is 14.7. The van der Waals surface area contributed by atoms with Gasteiger partial charge in [0.15, 0.2) is 0 Å². The smallest absolute Gasteiger partial charge is 0.327 e. The Hall–Kier alpha value is -2.53. The van der Waals surface area contributed by atoms with E-state index >= 15 is 0 Å². The van der Waals surface area contributed by atoms with E-state index in [0.717, 1.165) is 22.3 Å². The largest absolute Gasteiger partial charge is 0.508 e. The van der Waals surface area contributed by atoms with Gasteiger partial charge in [-0.05, 0) is 64.3 Å². The van der Waals surface area contributed by atoms with Crippen molar-refractivity contribution in [1.82, 2.24) is 5.32 Å². The quantitative estimate of drug-likeness (QED) is 0.575. The molecule has 0 aliphatic carbocycles. The Bertz CT molecular complexity index is 856. The van der Waals surface area contributed by atoms with Gasteiger partial charge in [-0.25, -0.2) is 4.79 Å². The van der Waals surface area contributed by atoms with Crippen molar-refractivity contribution >= 4 is 5.97 Å². The number of rotatable bonds is 6. The molecule has 0 aliphatic rings. The molecule has 1 unspecified atom stereocenters. The lowest BCUT2D eigenvalue weighted by molar-refractivity contribution is -0.145. The molecule has 164 valence electrons. The van der Waals surface area contributed by atoms with Gasteiger partial charge in [0.1, 0.15) is 17.5 Å². The van der Waals surface area contributed by atoms with Crippen molar-refractivity contribution in [3.63, 3.8) is 0 Å². The van der Waals surface area contributed by atoms with E-state index in [2.05, 4.69) is 5.32 Å². The zero-order chi connectivity index (χ0) is 22.7. The van der Waals surface area contributed by atoms with Gasteiger partial charge in [0.2, 0.25) is 0 Å². The van der Waals surface area contributed by atoms with E-state index in [1.54, 1.807) is 25.1 Å². The fourth-order valence-corrected chi connectivity index (χ4v) is 3.42. The molecule has 0 saturated heterocycles. The fourth-order valence-electron chi connectivity index (χ4n) is 3.42. The highest BCUT2D eigenvalue weighted by Crippen LogP contribution is 2.41. The van der Waals surface area contributed by atoms with Crippen molar-refractivity contribution in [2.24, 2.45) is 0 Å². The first kappa shape index (κ1) is 23.7. The van der Waals surface area contributed by atoms with Crippen LogP contribution in [0.5, 0.6) is 11.5 Å². The predicted octanol–water partition coefficient (Wildman–Crippen LogP) is 5.09. The Labute approximate surface area is 180 Å². The molecule has 0 fully saturated rings.